The van der Waals surface area contributed by atoms with E-state index in [0.717, 1.165) is 0 Å². The van der Waals surface area contributed by atoms with E-state index in [2.05, 4.69) is 171 Å². The zero-order chi connectivity index (χ0) is 30.6. The Morgan fingerprint density at radius 2 is 0.957 bits per heavy atom. The summed E-state index contributed by atoms with van der Waals surface area (Å²) in [7, 11) is 0. The predicted octanol–water partition coefficient (Wildman–Crippen LogP) is 13.3. The average Bonchev–Trinajstić information content (AvgIpc) is 3.50. The van der Waals surface area contributed by atoms with E-state index >= 15 is 0 Å². The van der Waals surface area contributed by atoms with Crippen molar-refractivity contribution in [1.82, 2.24) is 0 Å². The minimum atomic E-state index is 1.22. The zero-order valence-corrected chi connectivity index (χ0v) is 26.3. The number of hydrogen-bond acceptors (Lipinski definition) is 1. The van der Waals surface area contributed by atoms with Crippen LogP contribution in [-0.2, 0) is 0 Å². The van der Waals surface area contributed by atoms with Crippen molar-refractivity contribution >= 4 is 53.1 Å². The van der Waals surface area contributed by atoms with Gasteiger partial charge in [-0.2, -0.15) is 0 Å². The highest BCUT2D eigenvalue weighted by Crippen LogP contribution is 2.43. The normalized spacial score (nSPS) is 11.6. The Kier molecular flexibility index (Phi) is 6.33. The molecule has 216 valence electrons. The molecule has 1 heteroatoms. The van der Waals surface area contributed by atoms with Gasteiger partial charge >= 0.3 is 0 Å². The third kappa shape index (κ3) is 4.52. The van der Waals surface area contributed by atoms with Crippen LogP contribution in [0.15, 0.2) is 164 Å². The van der Waals surface area contributed by atoms with E-state index in [4.69, 9.17) is 0 Å². The molecular weight excluding hydrogens is 573 g/mol. The van der Waals surface area contributed by atoms with Crippen LogP contribution in [0.1, 0.15) is 5.56 Å². The monoisotopic (exact) mass is 602 g/mol. The number of fused-ring (bicyclic) bond motifs is 6. The summed E-state index contributed by atoms with van der Waals surface area (Å²) in [6.45, 7) is 2.15. The maximum atomic E-state index is 2.38. The van der Waals surface area contributed by atoms with E-state index in [1.807, 2.05) is 11.3 Å². The number of hydrogen-bond donors (Lipinski definition) is 0. The number of rotatable bonds is 4. The molecule has 8 aromatic carbocycles. The van der Waals surface area contributed by atoms with Crippen LogP contribution in [0.2, 0.25) is 0 Å². The molecule has 0 radical (unpaired) electrons. The number of aryl methyl sites for hydroxylation is 1. The van der Waals surface area contributed by atoms with Crippen LogP contribution in [0.5, 0.6) is 0 Å². The van der Waals surface area contributed by atoms with Gasteiger partial charge in [-0.1, -0.05) is 133 Å². The topological polar surface area (TPSA) is 0 Å². The highest BCUT2D eigenvalue weighted by atomic mass is 32.1. The first-order valence-corrected chi connectivity index (χ1v) is 16.7. The Morgan fingerprint density at radius 3 is 1.80 bits per heavy atom. The van der Waals surface area contributed by atoms with E-state index in [1.54, 1.807) is 0 Å². The molecule has 0 nitrogen and oxygen atoms in total. The van der Waals surface area contributed by atoms with Gasteiger partial charge in [-0.3, -0.25) is 0 Å². The van der Waals surface area contributed by atoms with Gasteiger partial charge in [0.1, 0.15) is 0 Å². The van der Waals surface area contributed by atoms with Gasteiger partial charge in [0.05, 0.1) is 0 Å². The van der Waals surface area contributed by atoms with Gasteiger partial charge in [0.2, 0.25) is 0 Å². The molecule has 9 rings (SSSR count). The maximum Gasteiger partial charge on any atom is 0.0433 e. The maximum absolute atomic E-state index is 2.38. The summed E-state index contributed by atoms with van der Waals surface area (Å²) >= 11 is 1.89. The van der Waals surface area contributed by atoms with E-state index < -0.39 is 0 Å². The van der Waals surface area contributed by atoms with Gasteiger partial charge in [0.15, 0.2) is 0 Å². The number of benzene rings is 8. The van der Waals surface area contributed by atoms with Crippen molar-refractivity contribution in [2.45, 2.75) is 6.92 Å². The van der Waals surface area contributed by atoms with Gasteiger partial charge in [-0.15, -0.1) is 11.3 Å². The molecule has 1 heterocycles. The lowest BCUT2D eigenvalue weighted by Gasteiger charge is -2.14. The second kappa shape index (κ2) is 10.8. The minimum Gasteiger partial charge on any atom is -0.135 e. The first-order valence-electron chi connectivity index (χ1n) is 15.8. The summed E-state index contributed by atoms with van der Waals surface area (Å²) in [6.07, 6.45) is 0. The van der Waals surface area contributed by atoms with Crippen LogP contribution in [0.3, 0.4) is 0 Å². The predicted molar refractivity (Wildman–Crippen MR) is 201 cm³/mol. The fourth-order valence-electron chi connectivity index (χ4n) is 7.00. The molecule has 0 spiro atoms. The molecule has 46 heavy (non-hydrogen) atoms. The summed E-state index contributed by atoms with van der Waals surface area (Å²) in [5.74, 6) is 0. The van der Waals surface area contributed by atoms with Gasteiger partial charge in [0, 0.05) is 20.2 Å². The Morgan fingerprint density at radius 1 is 0.348 bits per heavy atom. The Labute approximate surface area is 272 Å². The standard InChI is InChI=1S/C45H30S/c1-29-20-22-30(23-21-29)34-25-35(27-36(26-34)38-17-9-18-42-41-16-6-7-19-44(41)46-45(38)42)31-11-8-12-32(24-31)43-28-33-10-2-3-13-37(33)39-14-4-5-15-40(39)43/h2-28H,1H3. The molecular formula is C45H30S. The molecule has 9 aromatic rings. The first kappa shape index (κ1) is 26.9. The van der Waals surface area contributed by atoms with E-state index in [-0.39, 0.29) is 0 Å². The number of thiophene rings is 1. The summed E-state index contributed by atoms with van der Waals surface area (Å²) in [6, 6.07) is 60.5. The van der Waals surface area contributed by atoms with E-state index in [0.29, 0.717) is 0 Å². The van der Waals surface area contributed by atoms with Crippen molar-refractivity contribution in [3.05, 3.63) is 169 Å². The Balaban J connectivity index is 1.26. The molecule has 0 unspecified atom stereocenters. The summed E-state index contributed by atoms with van der Waals surface area (Å²) < 4.78 is 2.67. The lowest BCUT2D eigenvalue weighted by Crippen LogP contribution is -1.88. The molecule has 0 fully saturated rings. The molecule has 0 aliphatic rings. The SMILES string of the molecule is Cc1ccc(-c2cc(-c3cccc(-c4cc5ccccc5c5ccccc45)c3)cc(-c3cccc4c3sc3ccccc34)c2)cc1. The smallest absolute Gasteiger partial charge is 0.0433 e. The van der Waals surface area contributed by atoms with Crippen LogP contribution in [-0.4, -0.2) is 0 Å². The Bertz CT molecular complexity index is 2580. The lowest BCUT2D eigenvalue weighted by atomic mass is 9.90. The van der Waals surface area contributed by atoms with Gasteiger partial charge < -0.3 is 0 Å². The minimum absolute atomic E-state index is 1.22. The van der Waals surface area contributed by atoms with Crippen molar-refractivity contribution in [1.29, 1.82) is 0 Å². The summed E-state index contributed by atoms with van der Waals surface area (Å²) in [4.78, 5) is 0. The molecule has 0 saturated carbocycles. The zero-order valence-electron chi connectivity index (χ0n) is 25.5. The second-order valence-electron chi connectivity index (χ2n) is 12.2. The van der Waals surface area contributed by atoms with Crippen molar-refractivity contribution in [2.75, 3.05) is 0 Å². The van der Waals surface area contributed by atoms with Crippen LogP contribution < -0.4 is 0 Å². The van der Waals surface area contributed by atoms with Gasteiger partial charge in [0.25, 0.3) is 0 Å². The van der Waals surface area contributed by atoms with Crippen molar-refractivity contribution in [3.8, 4) is 44.5 Å². The quantitative estimate of drug-likeness (QED) is 0.176. The summed E-state index contributed by atoms with van der Waals surface area (Å²) in [5.41, 5.74) is 11.2. The Hall–Kier alpha value is -5.50. The lowest BCUT2D eigenvalue weighted by molar-refractivity contribution is 1.47. The third-order valence-corrected chi connectivity index (χ3v) is 10.5. The largest absolute Gasteiger partial charge is 0.135 e. The van der Waals surface area contributed by atoms with E-state index in [1.165, 1.54) is 91.8 Å². The van der Waals surface area contributed by atoms with Crippen LogP contribution >= 0.6 is 11.3 Å². The molecule has 0 aliphatic carbocycles. The first-order chi connectivity index (χ1) is 22.7. The second-order valence-corrected chi connectivity index (χ2v) is 13.3. The third-order valence-electron chi connectivity index (χ3n) is 9.31. The van der Waals surface area contributed by atoms with Crippen molar-refractivity contribution in [2.24, 2.45) is 0 Å². The molecule has 0 saturated heterocycles. The van der Waals surface area contributed by atoms with Crippen molar-refractivity contribution < 1.29 is 0 Å². The molecule has 0 atom stereocenters. The average molecular weight is 603 g/mol. The highest BCUT2D eigenvalue weighted by molar-refractivity contribution is 7.26. The summed E-state index contributed by atoms with van der Waals surface area (Å²) in [5, 5.41) is 7.79. The van der Waals surface area contributed by atoms with Gasteiger partial charge in [-0.25, -0.2) is 0 Å². The van der Waals surface area contributed by atoms with Gasteiger partial charge in [-0.05, 0) is 109 Å². The fraction of sp³-hybridized carbons (Fsp3) is 0.0222. The van der Waals surface area contributed by atoms with Crippen LogP contribution in [0.25, 0.3) is 86.2 Å². The molecule has 0 N–H and O–H groups in total. The van der Waals surface area contributed by atoms with Crippen LogP contribution in [0.4, 0.5) is 0 Å². The van der Waals surface area contributed by atoms with E-state index in [9.17, 15) is 0 Å². The molecule has 0 amide bonds. The molecule has 0 bridgehead atoms. The van der Waals surface area contributed by atoms with Crippen LogP contribution in [0, 0.1) is 6.92 Å². The fourth-order valence-corrected chi connectivity index (χ4v) is 8.23. The van der Waals surface area contributed by atoms with Crippen molar-refractivity contribution in [3.63, 3.8) is 0 Å². The molecule has 0 aliphatic heterocycles. The molecule has 1 aromatic heterocycles. The highest BCUT2D eigenvalue weighted by Gasteiger charge is 2.14.